The lowest BCUT2D eigenvalue weighted by atomic mass is 10.1. The Kier molecular flexibility index (Phi) is 3.74. The highest BCUT2D eigenvalue weighted by Crippen LogP contribution is 2.13. The van der Waals surface area contributed by atoms with Crippen LogP contribution >= 0.6 is 11.3 Å². The highest BCUT2D eigenvalue weighted by molar-refractivity contribution is 7.09. The van der Waals surface area contributed by atoms with Gasteiger partial charge in [0.1, 0.15) is 0 Å². The summed E-state index contributed by atoms with van der Waals surface area (Å²) in [6, 6.07) is 7.12. The number of rotatable bonds is 4. The summed E-state index contributed by atoms with van der Waals surface area (Å²) >= 11 is 1.49. The molecule has 106 valence electrons. The molecule has 3 aromatic rings. The Morgan fingerprint density at radius 2 is 2.10 bits per heavy atom. The van der Waals surface area contributed by atoms with Gasteiger partial charge in [-0.15, -0.1) is 11.3 Å². The fraction of sp³-hybridized carbons (Fsp3) is 0.143. The molecule has 0 saturated carbocycles. The topological polar surface area (TPSA) is 87.7 Å². The molecule has 0 saturated heterocycles. The number of aromatic amines is 1. The minimum Gasteiger partial charge on any atom is -0.351 e. The first-order valence-corrected chi connectivity index (χ1v) is 7.22. The monoisotopic (exact) mass is 300 g/mol. The van der Waals surface area contributed by atoms with E-state index in [1.165, 1.54) is 11.3 Å². The molecule has 0 aliphatic rings. The van der Waals surface area contributed by atoms with Gasteiger partial charge >= 0.3 is 0 Å². The standard InChI is InChI=1S/C14H12N4O2S/c19-13(16-7-9-6-15-8-21-9)5-12-10-3-1-2-4-11(10)14(20)18-17-12/h1-4,6,8H,5,7H2,(H,16,19)(H,18,20). The summed E-state index contributed by atoms with van der Waals surface area (Å²) in [7, 11) is 0. The summed E-state index contributed by atoms with van der Waals surface area (Å²) < 4.78 is 0. The maximum Gasteiger partial charge on any atom is 0.272 e. The summed E-state index contributed by atoms with van der Waals surface area (Å²) in [5.74, 6) is -0.145. The maximum atomic E-state index is 12.0. The van der Waals surface area contributed by atoms with Gasteiger partial charge in [0.25, 0.3) is 5.56 Å². The number of hydrogen-bond donors (Lipinski definition) is 2. The molecule has 2 heterocycles. The van der Waals surface area contributed by atoms with Crippen LogP contribution in [0.1, 0.15) is 10.6 Å². The van der Waals surface area contributed by atoms with Crippen molar-refractivity contribution in [1.82, 2.24) is 20.5 Å². The van der Waals surface area contributed by atoms with E-state index >= 15 is 0 Å². The lowest BCUT2D eigenvalue weighted by Gasteiger charge is -2.05. The summed E-state index contributed by atoms with van der Waals surface area (Å²) in [6.07, 6.45) is 1.84. The third-order valence-electron chi connectivity index (χ3n) is 3.05. The normalized spacial score (nSPS) is 10.7. The van der Waals surface area contributed by atoms with E-state index in [1.54, 1.807) is 29.9 Å². The molecule has 1 amide bonds. The van der Waals surface area contributed by atoms with Gasteiger partial charge < -0.3 is 5.32 Å². The van der Waals surface area contributed by atoms with E-state index in [4.69, 9.17) is 0 Å². The molecule has 0 aliphatic carbocycles. The second kappa shape index (κ2) is 5.84. The summed E-state index contributed by atoms with van der Waals surface area (Å²) in [5.41, 5.74) is 2.03. The molecule has 0 atom stereocenters. The third kappa shape index (κ3) is 2.97. The molecular weight excluding hydrogens is 288 g/mol. The van der Waals surface area contributed by atoms with Crippen LogP contribution in [0.25, 0.3) is 10.8 Å². The second-order valence-corrected chi connectivity index (χ2v) is 5.44. The first-order chi connectivity index (χ1) is 10.2. The number of benzene rings is 1. The predicted octanol–water partition coefficient (Wildman–Crippen LogP) is 1.24. The van der Waals surface area contributed by atoms with Crippen molar-refractivity contribution in [1.29, 1.82) is 0 Å². The molecule has 0 bridgehead atoms. The van der Waals surface area contributed by atoms with Crippen molar-refractivity contribution < 1.29 is 4.79 Å². The third-order valence-corrected chi connectivity index (χ3v) is 3.83. The van der Waals surface area contributed by atoms with Gasteiger partial charge in [0.05, 0.1) is 29.6 Å². The molecular formula is C14H12N4O2S. The van der Waals surface area contributed by atoms with Gasteiger partial charge in [0, 0.05) is 16.5 Å². The Labute approximate surface area is 123 Å². The second-order valence-electron chi connectivity index (χ2n) is 4.47. The van der Waals surface area contributed by atoms with E-state index in [-0.39, 0.29) is 17.9 Å². The van der Waals surface area contributed by atoms with Gasteiger partial charge in [-0.25, -0.2) is 5.10 Å². The SMILES string of the molecule is O=C(Cc1n[nH]c(=O)c2ccccc12)NCc1cncs1. The highest BCUT2D eigenvalue weighted by atomic mass is 32.1. The fourth-order valence-corrected chi connectivity index (χ4v) is 2.57. The number of hydrogen-bond acceptors (Lipinski definition) is 5. The van der Waals surface area contributed by atoms with Crippen molar-refractivity contribution in [2.24, 2.45) is 0 Å². The van der Waals surface area contributed by atoms with Crippen molar-refractivity contribution in [2.45, 2.75) is 13.0 Å². The van der Waals surface area contributed by atoms with Crippen LogP contribution in [-0.4, -0.2) is 21.1 Å². The van der Waals surface area contributed by atoms with Gasteiger partial charge in [0.15, 0.2) is 0 Å². The Bertz CT molecular complexity index is 826. The molecule has 0 unspecified atom stereocenters. The zero-order valence-corrected chi connectivity index (χ0v) is 11.8. The number of fused-ring (bicyclic) bond motifs is 1. The predicted molar refractivity (Wildman–Crippen MR) is 80.0 cm³/mol. The van der Waals surface area contributed by atoms with Gasteiger partial charge in [-0.1, -0.05) is 18.2 Å². The molecule has 7 heteroatoms. The van der Waals surface area contributed by atoms with E-state index < -0.39 is 0 Å². The maximum absolute atomic E-state index is 12.0. The van der Waals surface area contributed by atoms with Crippen LogP contribution in [0.2, 0.25) is 0 Å². The smallest absolute Gasteiger partial charge is 0.272 e. The number of thiazole rings is 1. The van der Waals surface area contributed by atoms with Crippen LogP contribution in [-0.2, 0) is 17.8 Å². The van der Waals surface area contributed by atoms with Crippen molar-refractivity contribution in [3.8, 4) is 0 Å². The zero-order valence-electron chi connectivity index (χ0n) is 11.0. The van der Waals surface area contributed by atoms with Crippen molar-refractivity contribution in [2.75, 3.05) is 0 Å². The molecule has 6 nitrogen and oxygen atoms in total. The van der Waals surface area contributed by atoms with E-state index in [2.05, 4.69) is 20.5 Å². The largest absolute Gasteiger partial charge is 0.351 e. The minimum absolute atomic E-state index is 0.121. The quantitative estimate of drug-likeness (QED) is 0.759. The molecule has 1 aromatic carbocycles. The first kappa shape index (κ1) is 13.4. The number of nitrogens with one attached hydrogen (secondary N) is 2. The molecule has 21 heavy (non-hydrogen) atoms. The van der Waals surface area contributed by atoms with Crippen molar-refractivity contribution >= 4 is 28.0 Å². The molecule has 0 spiro atoms. The van der Waals surface area contributed by atoms with E-state index in [9.17, 15) is 9.59 Å². The lowest BCUT2D eigenvalue weighted by molar-refractivity contribution is -0.120. The van der Waals surface area contributed by atoms with Crippen LogP contribution in [0.5, 0.6) is 0 Å². The lowest BCUT2D eigenvalue weighted by Crippen LogP contribution is -2.25. The van der Waals surface area contributed by atoms with Crippen LogP contribution in [0.3, 0.4) is 0 Å². The van der Waals surface area contributed by atoms with E-state index in [1.807, 2.05) is 6.07 Å². The van der Waals surface area contributed by atoms with E-state index in [0.717, 1.165) is 4.88 Å². The highest BCUT2D eigenvalue weighted by Gasteiger charge is 2.10. The van der Waals surface area contributed by atoms with Crippen LogP contribution < -0.4 is 10.9 Å². The summed E-state index contributed by atoms with van der Waals surface area (Å²) in [5, 5.41) is 10.5. The van der Waals surface area contributed by atoms with Gasteiger partial charge in [0.2, 0.25) is 5.91 Å². The van der Waals surface area contributed by atoms with Crippen molar-refractivity contribution in [3.05, 3.63) is 56.9 Å². The number of carbonyl (C=O) groups excluding carboxylic acids is 1. The Hall–Kier alpha value is -2.54. The number of carbonyl (C=O) groups is 1. The van der Waals surface area contributed by atoms with Gasteiger partial charge in [-0.2, -0.15) is 5.10 Å². The summed E-state index contributed by atoms with van der Waals surface area (Å²) in [6.45, 7) is 0.449. The van der Waals surface area contributed by atoms with E-state index in [0.29, 0.717) is 23.0 Å². The summed E-state index contributed by atoms with van der Waals surface area (Å²) in [4.78, 5) is 28.6. The Morgan fingerprint density at radius 1 is 1.29 bits per heavy atom. The minimum atomic E-state index is -0.251. The first-order valence-electron chi connectivity index (χ1n) is 6.34. The van der Waals surface area contributed by atoms with Crippen molar-refractivity contribution in [3.63, 3.8) is 0 Å². The molecule has 3 rings (SSSR count). The fourth-order valence-electron chi connectivity index (χ4n) is 2.04. The van der Waals surface area contributed by atoms with Gasteiger partial charge in [-0.3, -0.25) is 14.6 Å². The average molecular weight is 300 g/mol. The molecule has 0 fully saturated rings. The molecule has 2 N–H and O–H groups in total. The Balaban J connectivity index is 1.77. The van der Waals surface area contributed by atoms with Gasteiger partial charge in [-0.05, 0) is 6.07 Å². The number of nitrogens with zero attached hydrogens (tertiary/aromatic N) is 2. The van der Waals surface area contributed by atoms with Crippen LogP contribution in [0.15, 0.2) is 40.8 Å². The van der Waals surface area contributed by atoms with Crippen LogP contribution in [0, 0.1) is 0 Å². The van der Waals surface area contributed by atoms with Crippen LogP contribution in [0.4, 0.5) is 0 Å². The molecule has 2 aromatic heterocycles. The Morgan fingerprint density at radius 3 is 2.86 bits per heavy atom. The number of H-pyrrole nitrogens is 1. The molecule has 0 aliphatic heterocycles. The molecule has 0 radical (unpaired) electrons. The zero-order chi connectivity index (χ0) is 14.7. The number of amides is 1. The average Bonchev–Trinajstić information content (AvgIpc) is 3.02. The number of aromatic nitrogens is 3.